The molecule has 0 bridgehead atoms. The van der Waals surface area contributed by atoms with E-state index in [9.17, 15) is 14.7 Å². The van der Waals surface area contributed by atoms with Crippen LogP contribution in [0.1, 0.15) is 41.6 Å². The normalized spacial score (nSPS) is 23.4. The first-order valence-electron chi connectivity index (χ1n) is 11.2. The second-order valence-electron chi connectivity index (χ2n) is 8.76. The van der Waals surface area contributed by atoms with E-state index in [-0.39, 0.29) is 24.4 Å². The number of nitrogens with zero attached hydrogens (tertiary/aromatic N) is 2. The quantitative estimate of drug-likeness (QED) is 0.570. The fourth-order valence-electron chi connectivity index (χ4n) is 4.58. The van der Waals surface area contributed by atoms with E-state index in [1.807, 2.05) is 6.07 Å². The van der Waals surface area contributed by atoms with Gasteiger partial charge in [-0.1, -0.05) is 17.7 Å². The number of rotatable bonds is 7. The van der Waals surface area contributed by atoms with Crippen molar-refractivity contribution in [3.05, 3.63) is 58.7 Å². The highest BCUT2D eigenvalue weighted by Gasteiger charge is 2.40. The largest absolute Gasteiger partial charge is 0.481 e. The predicted molar refractivity (Wildman–Crippen MR) is 124 cm³/mol. The average molecular weight is 473 g/mol. The van der Waals surface area contributed by atoms with Crippen molar-refractivity contribution in [3.63, 3.8) is 0 Å². The summed E-state index contributed by atoms with van der Waals surface area (Å²) in [5, 5.41) is 17.1. The van der Waals surface area contributed by atoms with Crippen LogP contribution in [0, 0.1) is 0 Å². The molecule has 2 aliphatic rings. The van der Waals surface area contributed by atoms with Crippen molar-refractivity contribution in [2.75, 3.05) is 26.7 Å². The maximum Gasteiger partial charge on any atom is 0.251 e. The molecule has 2 aromatic rings. The van der Waals surface area contributed by atoms with Gasteiger partial charge in [0.2, 0.25) is 11.8 Å². The summed E-state index contributed by atoms with van der Waals surface area (Å²) in [6.45, 7) is 1.48. The lowest BCUT2D eigenvalue weighted by molar-refractivity contribution is -0.122. The van der Waals surface area contributed by atoms with E-state index < -0.39 is 5.60 Å². The first-order chi connectivity index (χ1) is 15.9. The van der Waals surface area contributed by atoms with E-state index in [4.69, 9.17) is 16.3 Å². The Morgan fingerprint density at radius 1 is 1.24 bits per heavy atom. The van der Waals surface area contributed by atoms with E-state index in [1.54, 1.807) is 43.6 Å². The number of hydrogen-bond donors (Lipinski definition) is 3. The Hall–Kier alpha value is -2.68. The first-order valence-corrected chi connectivity index (χ1v) is 11.5. The van der Waals surface area contributed by atoms with Gasteiger partial charge in [-0.05, 0) is 49.9 Å². The van der Waals surface area contributed by atoms with Gasteiger partial charge in [0.25, 0.3) is 5.91 Å². The molecule has 0 radical (unpaired) electrons. The summed E-state index contributed by atoms with van der Waals surface area (Å²) in [4.78, 5) is 30.9. The summed E-state index contributed by atoms with van der Waals surface area (Å²) in [6, 6.07) is 10.7. The average Bonchev–Trinajstić information content (AvgIpc) is 2.80. The highest BCUT2D eigenvalue weighted by atomic mass is 35.5. The van der Waals surface area contributed by atoms with Crippen LogP contribution in [0.5, 0.6) is 5.88 Å². The molecular weight excluding hydrogens is 444 g/mol. The molecule has 9 heteroatoms. The minimum atomic E-state index is -0.852. The monoisotopic (exact) mass is 472 g/mol. The Labute approximate surface area is 198 Å². The SMILES string of the molecule is COc1ccc([C@]2(O)CC[C@H](N3CC(NC(=O)CNC(=O)c4cccc(Cl)c4)C3)CC2)cn1. The third-order valence-electron chi connectivity index (χ3n) is 6.55. The molecule has 2 heterocycles. The predicted octanol–water partition coefficient (Wildman–Crippen LogP) is 2.10. The zero-order valence-electron chi connectivity index (χ0n) is 18.6. The topological polar surface area (TPSA) is 104 Å². The van der Waals surface area contributed by atoms with Crippen LogP contribution in [0.2, 0.25) is 5.02 Å². The Morgan fingerprint density at radius 3 is 2.64 bits per heavy atom. The number of carbonyl (C=O) groups is 2. The van der Waals surface area contributed by atoms with Crippen molar-refractivity contribution in [3.8, 4) is 5.88 Å². The Balaban J connectivity index is 1.17. The van der Waals surface area contributed by atoms with E-state index in [0.29, 0.717) is 35.3 Å². The third-order valence-corrected chi connectivity index (χ3v) is 6.79. The van der Waals surface area contributed by atoms with E-state index in [2.05, 4.69) is 20.5 Å². The minimum absolute atomic E-state index is 0.0752. The van der Waals surface area contributed by atoms with Crippen molar-refractivity contribution >= 4 is 23.4 Å². The lowest BCUT2D eigenvalue weighted by Crippen LogP contribution is -2.63. The van der Waals surface area contributed by atoms with Gasteiger partial charge in [0.05, 0.1) is 25.3 Å². The number of methoxy groups -OCH3 is 1. The second kappa shape index (κ2) is 10.1. The van der Waals surface area contributed by atoms with Gasteiger partial charge in [0, 0.05) is 47.5 Å². The number of aromatic nitrogens is 1. The molecule has 3 N–H and O–H groups in total. The standard InChI is InChI=1S/C24H29ClN4O4/c1-33-22-6-5-17(12-26-22)24(32)9-7-20(8-10-24)29-14-19(15-29)28-21(30)13-27-23(31)16-3-2-4-18(25)11-16/h2-6,11-12,19-20,32H,7-10,13-15H2,1H3,(H,27,31)(H,28,30)/t20-,24-. The van der Waals surface area contributed by atoms with Crippen molar-refractivity contribution < 1.29 is 19.4 Å². The molecule has 176 valence electrons. The summed E-state index contributed by atoms with van der Waals surface area (Å²) in [6.07, 6.45) is 4.82. The number of benzene rings is 1. The van der Waals surface area contributed by atoms with Gasteiger partial charge in [-0.25, -0.2) is 4.98 Å². The lowest BCUT2D eigenvalue weighted by atomic mass is 9.77. The van der Waals surface area contributed by atoms with Crippen LogP contribution in [-0.2, 0) is 10.4 Å². The Kier molecular flexibility index (Phi) is 7.17. The number of carbonyl (C=O) groups excluding carboxylic acids is 2. The van der Waals surface area contributed by atoms with Gasteiger partial charge in [-0.3, -0.25) is 14.5 Å². The van der Waals surface area contributed by atoms with E-state index >= 15 is 0 Å². The molecule has 1 saturated heterocycles. The molecule has 0 atom stereocenters. The van der Waals surface area contributed by atoms with Gasteiger partial charge >= 0.3 is 0 Å². The summed E-state index contributed by atoms with van der Waals surface area (Å²) >= 11 is 5.90. The summed E-state index contributed by atoms with van der Waals surface area (Å²) < 4.78 is 5.09. The number of hydrogen-bond acceptors (Lipinski definition) is 6. The number of ether oxygens (including phenoxy) is 1. The maximum absolute atomic E-state index is 12.2. The number of nitrogens with one attached hydrogen (secondary N) is 2. The molecule has 4 rings (SSSR count). The number of likely N-dealkylation sites (tertiary alicyclic amines) is 1. The molecule has 33 heavy (non-hydrogen) atoms. The van der Waals surface area contributed by atoms with Crippen LogP contribution in [0.15, 0.2) is 42.6 Å². The lowest BCUT2D eigenvalue weighted by Gasteiger charge is -2.48. The molecule has 0 unspecified atom stereocenters. The fraction of sp³-hybridized carbons (Fsp3) is 0.458. The molecule has 1 aliphatic heterocycles. The van der Waals surface area contributed by atoms with Crippen molar-refractivity contribution in [2.45, 2.75) is 43.4 Å². The smallest absolute Gasteiger partial charge is 0.251 e. The Morgan fingerprint density at radius 2 is 2.00 bits per heavy atom. The van der Waals surface area contributed by atoms with Gasteiger partial charge < -0.3 is 20.5 Å². The van der Waals surface area contributed by atoms with Crippen molar-refractivity contribution in [1.29, 1.82) is 0 Å². The molecule has 1 aromatic heterocycles. The third kappa shape index (κ3) is 5.63. The summed E-state index contributed by atoms with van der Waals surface area (Å²) in [7, 11) is 1.57. The van der Waals surface area contributed by atoms with Crippen LogP contribution in [0.3, 0.4) is 0 Å². The minimum Gasteiger partial charge on any atom is -0.481 e. The van der Waals surface area contributed by atoms with Crippen LogP contribution in [0.4, 0.5) is 0 Å². The van der Waals surface area contributed by atoms with Crippen molar-refractivity contribution in [2.24, 2.45) is 0 Å². The highest BCUT2D eigenvalue weighted by molar-refractivity contribution is 6.30. The number of aliphatic hydroxyl groups is 1. The molecule has 1 aliphatic carbocycles. The molecule has 1 aromatic carbocycles. The summed E-state index contributed by atoms with van der Waals surface area (Å²) in [5.41, 5.74) is 0.401. The zero-order chi connectivity index (χ0) is 23.4. The fourth-order valence-corrected chi connectivity index (χ4v) is 4.77. The van der Waals surface area contributed by atoms with E-state index in [0.717, 1.165) is 31.5 Å². The second-order valence-corrected chi connectivity index (χ2v) is 9.20. The molecular formula is C24H29ClN4O4. The van der Waals surface area contributed by atoms with Gasteiger partial charge in [0.1, 0.15) is 0 Å². The van der Waals surface area contributed by atoms with Crippen LogP contribution in [-0.4, -0.2) is 65.6 Å². The van der Waals surface area contributed by atoms with Gasteiger partial charge in [-0.2, -0.15) is 0 Å². The highest BCUT2D eigenvalue weighted by Crippen LogP contribution is 2.39. The first kappa shape index (κ1) is 23.5. The maximum atomic E-state index is 12.2. The number of pyridine rings is 1. The zero-order valence-corrected chi connectivity index (χ0v) is 19.3. The van der Waals surface area contributed by atoms with Gasteiger partial charge in [-0.15, -0.1) is 0 Å². The van der Waals surface area contributed by atoms with Crippen LogP contribution < -0.4 is 15.4 Å². The Bertz CT molecular complexity index is 986. The van der Waals surface area contributed by atoms with Gasteiger partial charge in [0.15, 0.2) is 0 Å². The van der Waals surface area contributed by atoms with Crippen LogP contribution in [0.25, 0.3) is 0 Å². The van der Waals surface area contributed by atoms with Crippen molar-refractivity contribution in [1.82, 2.24) is 20.5 Å². The molecule has 1 saturated carbocycles. The van der Waals surface area contributed by atoms with Crippen LogP contribution >= 0.6 is 11.6 Å². The molecule has 2 amide bonds. The number of halogens is 1. The molecule has 8 nitrogen and oxygen atoms in total. The molecule has 0 spiro atoms. The molecule has 2 fully saturated rings. The van der Waals surface area contributed by atoms with E-state index in [1.165, 1.54) is 0 Å². The summed E-state index contributed by atoms with van der Waals surface area (Å²) in [5.74, 6) is -0.00146. The number of amides is 2.